The third-order valence-electron chi connectivity index (χ3n) is 4.71. The van der Waals surface area contributed by atoms with Crippen molar-refractivity contribution in [2.24, 2.45) is 0 Å². The molecule has 0 amide bonds. The first-order chi connectivity index (χ1) is 10.00. The van der Waals surface area contributed by atoms with Gasteiger partial charge in [0.25, 0.3) is 0 Å². The summed E-state index contributed by atoms with van der Waals surface area (Å²) in [5.74, 6) is 2.10. The number of halogens is 1. The summed E-state index contributed by atoms with van der Waals surface area (Å²) in [5.41, 5.74) is 1.34. The number of piperazine rings is 1. The molecule has 21 heavy (non-hydrogen) atoms. The lowest BCUT2D eigenvalue weighted by Gasteiger charge is -2.52. The summed E-state index contributed by atoms with van der Waals surface area (Å²) in [6.45, 7) is 5.33. The Labute approximate surface area is 126 Å². The molecular weight excluding hydrogens is 263 g/mol. The third-order valence-corrected chi connectivity index (χ3v) is 4.71. The Morgan fingerprint density at radius 2 is 2.10 bits per heavy atom. The highest BCUT2D eigenvalue weighted by Gasteiger charge is 2.40. The van der Waals surface area contributed by atoms with E-state index in [0.29, 0.717) is 17.6 Å². The van der Waals surface area contributed by atoms with Gasteiger partial charge >= 0.3 is 0 Å². The first-order valence-corrected chi connectivity index (χ1v) is 7.81. The van der Waals surface area contributed by atoms with Gasteiger partial charge in [0.05, 0.1) is 5.56 Å². The Hall–Kier alpha value is -1.53. The number of nitrogens with one attached hydrogen (secondary N) is 1. The fourth-order valence-electron chi connectivity index (χ4n) is 3.83. The van der Waals surface area contributed by atoms with Gasteiger partial charge in [-0.25, -0.2) is 4.39 Å². The van der Waals surface area contributed by atoms with Gasteiger partial charge in [0, 0.05) is 29.9 Å². The van der Waals surface area contributed by atoms with E-state index in [0.717, 1.165) is 12.2 Å². The van der Waals surface area contributed by atoms with E-state index in [1.165, 1.54) is 25.7 Å². The summed E-state index contributed by atoms with van der Waals surface area (Å²) in [5, 5.41) is 3.76. The van der Waals surface area contributed by atoms with Crippen LogP contribution in [0.5, 0.6) is 0 Å². The lowest BCUT2D eigenvalue weighted by atomic mass is 9.83. The average Bonchev–Trinajstić information content (AvgIpc) is 2.45. The summed E-state index contributed by atoms with van der Waals surface area (Å²) in [6, 6.07) is 6.24. The number of benzene rings is 1. The van der Waals surface area contributed by atoms with Gasteiger partial charge < -0.3 is 10.2 Å². The highest BCUT2D eigenvalue weighted by Crippen LogP contribution is 2.34. The highest BCUT2D eigenvalue weighted by molar-refractivity contribution is 5.53. The van der Waals surface area contributed by atoms with Crippen LogP contribution in [0.1, 0.15) is 45.1 Å². The van der Waals surface area contributed by atoms with E-state index in [4.69, 9.17) is 6.42 Å². The van der Waals surface area contributed by atoms with Gasteiger partial charge in [-0.15, -0.1) is 6.42 Å². The maximum atomic E-state index is 14.0. The van der Waals surface area contributed by atoms with Crippen LogP contribution >= 0.6 is 0 Å². The number of hydrogen-bond donors (Lipinski definition) is 1. The molecule has 1 saturated heterocycles. The molecule has 3 heteroatoms. The quantitative estimate of drug-likeness (QED) is 0.797. The molecular formula is C18H23FN2. The molecule has 0 aromatic heterocycles. The zero-order chi connectivity index (χ0) is 15.0. The third kappa shape index (κ3) is 2.78. The molecule has 0 bridgehead atoms. The Balaban J connectivity index is 1.94. The standard InChI is InChI=1S/C18H23FN2/c1-4-13-9-10-14(11-15(13)19)21-12-18(2,3)20-16-7-5-6-8-17(16)21/h1,9-11,16-17,20H,5-8,12H2,2-3H3/t16-,17-/m0/s1. The molecule has 112 valence electrons. The predicted octanol–water partition coefficient (Wildman–Crippen LogP) is 3.31. The Bertz CT molecular complexity index is 573. The van der Waals surface area contributed by atoms with Crippen LogP contribution < -0.4 is 10.2 Å². The van der Waals surface area contributed by atoms with Crippen molar-refractivity contribution in [2.45, 2.75) is 57.2 Å². The van der Waals surface area contributed by atoms with Crippen LogP contribution in [0.25, 0.3) is 0 Å². The van der Waals surface area contributed by atoms with E-state index in [-0.39, 0.29) is 11.4 Å². The topological polar surface area (TPSA) is 15.3 Å². The van der Waals surface area contributed by atoms with Crippen LogP contribution in [0.15, 0.2) is 18.2 Å². The fraction of sp³-hybridized carbons (Fsp3) is 0.556. The molecule has 2 fully saturated rings. The second kappa shape index (κ2) is 5.35. The van der Waals surface area contributed by atoms with Crippen LogP contribution in [0.3, 0.4) is 0 Å². The summed E-state index contributed by atoms with van der Waals surface area (Å²) in [6.07, 6.45) is 10.2. The molecule has 0 spiro atoms. The first-order valence-electron chi connectivity index (χ1n) is 7.81. The lowest BCUT2D eigenvalue weighted by Crippen LogP contribution is -2.67. The van der Waals surface area contributed by atoms with Crippen molar-refractivity contribution in [3.05, 3.63) is 29.6 Å². The van der Waals surface area contributed by atoms with Crippen LogP contribution in [0.4, 0.5) is 10.1 Å². The van der Waals surface area contributed by atoms with E-state index in [1.807, 2.05) is 6.07 Å². The Morgan fingerprint density at radius 1 is 1.33 bits per heavy atom. The van der Waals surface area contributed by atoms with E-state index < -0.39 is 0 Å². The van der Waals surface area contributed by atoms with Crippen LogP contribution in [0.2, 0.25) is 0 Å². The predicted molar refractivity (Wildman–Crippen MR) is 84.9 cm³/mol. The molecule has 0 radical (unpaired) electrons. The minimum atomic E-state index is -0.293. The van der Waals surface area contributed by atoms with Gasteiger partial charge in [0.15, 0.2) is 0 Å². The van der Waals surface area contributed by atoms with Crippen molar-refractivity contribution >= 4 is 5.69 Å². The summed E-state index contributed by atoms with van der Waals surface area (Å²) < 4.78 is 14.0. The van der Waals surface area contributed by atoms with Gasteiger partial charge in [-0.2, -0.15) is 0 Å². The second-order valence-corrected chi connectivity index (χ2v) is 6.92. The van der Waals surface area contributed by atoms with Gasteiger partial charge in [-0.1, -0.05) is 18.8 Å². The number of terminal acetylenes is 1. The maximum Gasteiger partial charge on any atom is 0.140 e. The summed E-state index contributed by atoms with van der Waals surface area (Å²) in [4.78, 5) is 2.38. The maximum absolute atomic E-state index is 14.0. The number of fused-ring (bicyclic) bond motifs is 1. The zero-order valence-electron chi connectivity index (χ0n) is 12.8. The van der Waals surface area contributed by atoms with Crippen molar-refractivity contribution in [1.82, 2.24) is 5.32 Å². The van der Waals surface area contributed by atoms with E-state index >= 15 is 0 Å². The molecule has 1 aliphatic heterocycles. The normalized spacial score (nSPS) is 27.8. The lowest BCUT2D eigenvalue weighted by molar-refractivity contribution is 0.199. The van der Waals surface area contributed by atoms with E-state index in [9.17, 15) is 4.39 Å². The average molecular weight is 286 g/mol. The molecule has 3 rings (SSSR count). The van der Waals surface area contributed by atoms with Crippen molar-refractivity contribution < 1.29 is 4.39 Å². The molecule has 2 nitrogen and oxygen atoms in total. The van der Waals surface area contributed by atoms with Crippen molar-refractivity contribution in [3.8, 4) is 12.3 Å². The Kier molecular flexibility index (Phi) is 3.67. The minimum Gasteiger partial charge on any atom is -0.365 e. The van der Waals surface area contributed by atoms with Crippen molar-refractivity contribution in [3.63, 3.8) is 0 Å². The molecule has 1 saturated carbocycles. The Morgan fingerprint density at radius 3 is 2.81 bits per heavy atom. The number of rotatable bonds is 1. The molecule has 1 aromatic carbocycles. The summed E-state index contributed by atoms with van der Waals surface area (Å²) >= 11 is 0. The van der Waals surface area contributed by atoms with Crippen LogP contribution in [0, 0.1) is 18.2 Å². The monoisotopic (exact) mass is 286 g/mol. The van der Waals surface area contributed by atoms with E-state index in [1.54, 1.807) is 12.1 Å². The van der Waals surface area contributed by atoms with Crippen molar-refractivity contribution in [2.75, 3.05) is 11.4 Å². The molecule has 1 aliphatic carbocycles. The van der Waals surface area contributed by atoms with Gasteiger partial charge in [0.1, 0.15) is 5.82 Å². The molecule has 1 aromatic rings. The first kappa shape index (κ1) is 14.4. The molecule has 1 heterocycles. The zero-order valence-corrected chi connectivity index (χ0v) is 12.8. The van der Waals surface area contributed by atoms with Crippen LogP contribution in [-0.2, 0) is 0 Å². The molecule has 2 atom stereocenters. The second-order valence-electron chi connectivity index (χ2n) is 6.92. The molecule has 2 aliphatic rings. The van der Waals surface area contributed by atoms with Gasteiger partial charge in [-0.3, -0.25) is 0 Å². The smallest absolute Gasteiger partial charge is 0.140 e. The van der Waals surface area contributed by atoms with Crippen LogP contribution in [-0.4, -0.2) is 24.2 Å². The fourth-order valence-corrected chi connectivity index (χ4v) is 3.83. The molecule has 1 N–H and O–H groups in total. The molecule has 0 unspecified atom stereocenters. The van der Waals surface area contributed by atoms with Gasteiger partial charge in [-0.05, 0) is 44.9 Å². The van der Waals surface area contributed by atoms with E-state index in [2.05, 4.69) is 30.0 Å². The highest BCUT2D eigenvalue weighted by atomic mass is 19.1. The number of nitrogens with zero attached hydrogens (tertiary/aromatic N) is 1. The minimum absolute atomic E-state index is 0.0414. The number of hydrogen-bond acceptors (Lipinski definition) is 2. The SMILES string of the molecule is C#Cc1ccc(N2CC(C)(C)N[C@H]3CCCC[C@@H]32)cc1F. The summed E-state index contributed by atoms with van der Waals surface area (Å²) in [7, 11) is 0. The van der Waals surface area contributed by atoms with Gasteiger partial charge in [0.2, 0.25) is 0 Å². The van der Waals surface area contributed by atoms with Crippen molar-refractivity contribution in [1.29, 1.82) is 0 Å². The largest absolute Gasteiger partial charge is 0.365 e. The number of anilines is 1.